The number of pyridine rings is 1. The zero-order valence-electron chi connectivity index (χ0n) is 15.5. The Bertz CT molecular complexity index is 928. The van der Waals surface area contributed by atoms with Crippen LogP contribution in [0.2, 0.25) is 0 Å². The smallest absolute Gasteiger partial charge is 0.407 e. The van der Waals surface area contributed by atoms with Gasteiger partial charge in [0.1, 0.15) is 16.8 Å². The molecule has 3 aromatic rings. The van der Waals surface area contributed by atoms with Crippen molar-refractivity contribution in [2.24, 2.45) is 0 Å². The molecule has 0 unspecified atom stereocenters. The number of hydrogen-bond acceptors (Lipinski definition) is 4. The van der Waals surface area contributed by atoms with Gasteiger partial charge in [-0.1, -0.05) is 0 Å². The number of H-pyrrole nitrogens is 1. The van der Waals surface area contributed by atoms with Crippen molar-refractivity contribution in [1.29, 1.82) is 0 Å². The van der Waals surface area contributed by atoms with Crippen LogP contribution in [0.4, 0.5) is 4.79 Å². The summed E-state index contributed by atoms with van der Waals surface area (Å²) in [6.45, 7) is 5.64. The molecule has 3 heterocycles. The van der Waals surface area contributed by atoms with Crippen LogP contribution < -0.4 is 5.32 Å². The number of amides is 1. The third-order valence-electron chi connectivity index (χ3n) is 4.93. The van der Waals surface area contributed by atoms with E-state index in [1.165, 1.54) is 0 Å². The van der Waals surface area contributed by atoms with Gasteiger partial charge in [0, 0.05) is 23.7 Å². The number of aromatic nitrogens is 4. The molecule has 4 rings (SSSR count). The first-order chi connectivity index (χ1) is 12.4. The fourth-order valence-corrected chi connectivity index (χ4v) is 3.78. The molecule has 1 saturated carbocycles. The van der Waals surface area contributed by atoms with E-state index in [1.54, 1.807) is 0 Å². The van der Waals surface area contributed by atoms with Gasteiger partial charge in [-0.25, -0.2) is 14.8 Å². The molecule has 0 atom stereocenters. The fraction of sp³-hybridized carbons (Fsp3) is 0.526. The Morgan fingerprint density at radius 3 is 2.77 bits per heavy atom. The van der Waals surface area contributed by atoms with E-state index < -0.39 is 5.60 Å². The highest BCUT2D eigenvalue weighted by Crippen LogP contribution is 2.33. The molecule has 0 saturated heterocycles. The molecule has 1 amide bonds. The molecule has 1 aliphatic rings. The van der Waals surface area contributed by atoms with E-state index in [4.69, 9.17) is 4.74 Å². The molecule has 3 aromatic heterocycles. The standard InChI is InChI=1S/C19H25N5O2/c1-19(2,3)26-18(25)23-12-4-6-13(7-5-12)24-11-22-15-10-21-17-14(16(15)24)8-9-20-17/h8-13H,4-7H2,1-3H3,(H,20,21)(H,23,25). The number of aromatic amines is 1. The number of imidazole rings is 1. The van der Waals surface area contributed by atoms with Crippen molar-refractivity contribution in [3.8, 4) is 0 Å². The average molecular weight is 355 g/mol. The number of carbonyl (C=O) groups is 1. The Morgan fingerprint density at radius 1 is 1.27 bits per heavy atom. The van der Waals surface area contributed by atoms with Gasteiger partial charge in [-0.05, 0) is 52.5 Å². The zero-order chi connectivity index (χ0) is 18.3. The van der Waals surface area contributed by atoms with Crippen LogP contribution in [0.15, 0.2) is 24.8 Å². The van der Waals surface area contributed by atoms with Gasteiger partial charge in [-0.3, -0.25) is 0 Å². The largest absolute Gasteiger partial charge is 0.444 e. The van der Waals surface area contributed by atoms with E-state index in [0.717, 1.165) is 47.8 Å². The maximum absolute atomic E-state index is 12.0. The Balaban J connectivity index is 1.46. The van der Waals surface area contributed by atoms with Crippen molar-refractivity contribution in [3.63, 3.8) is 0 Å². The average Bonchev–Trinajstić information content (AvgIpc) is 3.19. The molecule has 2 N–H and O–H groups in total. The van der Waals surface area contributed by atoms with E-state index >= 15 is 0 Å². The normalized spacial score (nSPS) is 21.2. The predicted molar refractivity (Wildman–Crippen MR) is 100 cm³/mol. The van der Waals surface area contributed by atoms with Gasteiger partial charge >= 0.3 is 6.09 Å². The minimum absolute atomic E-state index is 0.171. The lowest BCUT2D eigenvalue weighted by molar-refractivity contribution is 0.0488. The van der Waals surface area contributed by atoms with Crippen LogP contribution in [0.25, 0.3) is 22.1 Å². The third kappa shape index (κ3) is 3.25. The van der Waals surface area contributed by atoms with Crippen LogP contribution in [0, 0.1) is 0 Å². The van der Waals surface area contributed by atoms with E-state index in [1.807, 2.05) is 39.5 Å². The second-order valence-electron chi connectivity index (χ2n) is 8.04. The Labute approximate surface area is 152 Å². The summed E-state index contributed by atoms with van der Waals surface area (Å²) in [5.41, 5.74) is 2.48. The van der Waals surface area contributed by atoms with E-state index in [2.05, 4.69) is 30.9 Å². The molecule has 1 aliphatic carbocycles. The van der Waals surface area contributed by atoms with Gasteiger partial charge in [-0.2, -0.15) is 0 Å². The molecule has 0 radical (unpaired) electrons. The van der Waals surface area contributed by atoms with Crippen molar-refractivity contribution in [2.75, 3.05) is 0 Å². The van der Waals surface area contributed by atoms with Gasteiger partial charge in [0.15, 0.2) is 0 Å². The number of nitrogens with one attached hydrogen (secondary N) is 2. The molecule has 0 aliphatic heterocycles. The number of alkyl carbamates (subject to hydrolysis) is 1. The third-order valence-corrected chi connectivity index (χ3v) is 4.93. The van der Waals surface area contributed by atoms with Crippen molar-refractivity contribution < 1.29 is 9.53 Å². The summed E-state index contributed by atoms with van der Waals surface area (Å²) >= 11 is 0. The zero-order valence-corrected chi connectivity index (χ0v) is 15.5. The first-order valence-electron chi connectivity index (χ1n) is 9.19. The number of nitrogens with zero attached hydrogens (tertiary/aromatic N) is 3. The monoisotopic (exact) mass is 355 g/mol. The van der Waals surface area contributed by atoms with E-state index in [9.17, 15) is 4.79 Å². The molecule has 0 bridgehead atoms. The van der Waals surface area contributed by atoms with Crippen molar-refractivity contribution in [3.05, 3.63) is 24.8 Å². The molecule has 26 heavy (non-hydrogen) atoms. The number of hydrogen-bond donors (Lipinski definition) is 2. The van der Waals surface area contributed by atoms with Crippen LogP contribution in [-0.4, -0.2) is 37.3 Å². The molecule has 138 valence electrons. The van der Waals surface area contributed by atoms with Gasteiger partial charge < -0.3 is 19.6 Å². The van der Waals surface area contributed by atoms with Crippen LogP contribution >= 0.6 is 0 Å². The highest BCUT2D eigenvalue weighted by molar-refractivity contribution is 6.00. The lowest BCUT2D eigenvalue weighted by atomic mass is 9.91. The fourth-order valence-electron chi connectivity index (χ4n) is 3.78. The summed E-state index contributed by atoms with van der Waals surface area (Å²) in [4.78, 5) is 24.1. The predicted octanol–water partition coefficient (Wildman–Crippen LogP) is 3.92. The van der Waals surface area contributed by atoms with Crippen molar-refractivity contribution >= 4 is 28.2 Å². The van der Waals surface area contributed by atoms with Crippen LogP contribution in [0.1, 0.15) is 52.5 Å². The van der Waals surface area contributed by atoms with Crippen LogP contribution in [0.3, 0.4) is 0 Å². The summed E-state index contributed by atoms with van der Waals surface area (Å²) in [6, 6.07) is 2.61. The summed E-state index contributed by atoms with van der Waals surface area (Å²) in [5, 5.41) is 4.11. The van der Waals surface area contributed by atoms with Crippen LogP contribution in [-0.2, 0) is 4.74 Å². The van der Waals surface area contributed by atoms with Crippen molar-refractivity contribution in [1.82, 2.24) is 24.8 Å². The highest BCUT2D eigenvalue weighted by Gasteiger charge is 2.26. The lowest BCUT2D eigenvalue weighted by Crippen LogP contribution is -2.41. The molecule has 7 nitrogen and oxygen atoms in total. The molecule has 1 fully saturated rings. The number of fused-ring (bicyclic) bond motifs is 3. The van der Waals surface area contributed by atoms with Crippen LogP contribution in [0.5, 0.6) is 0 Å². The Hall–Kier alpha value is -2.57. The topological polar surface area (TPSA) is 84.8 Å². The molecular formula is C19H25N5O2. The number of carbonyl (C=O) groups excluding carboxylic acids is 1. The maximum Gasteiger partial charge on any atom is 0.407 e. The summed E-state index contributed by atoms with van der Waals surface area (Å²) in [6.07, 6.45) is 9.20. The molecule has 7 heteroatoms. The second-order valence-corrected chi connectivity index (χ2v) is 8.04. The first kappa shape index (κ1) is 16.9. The SMILES string of the molecule is CC(C)(C)OC(=O)NC1CCC(n2cnc3cnc4[nH]ccc4c32)CC1. The Kier molecular flexibility index (Phi) is 4.09. The molecular weight excluding hydrogens is 330 g/mol. The highest BCUT2D eigenvalue weighted by atomic mass is 16.6. The minimum Gasteiger partial charge on any atom is -0.444 e. The second kappa shape index (κ2) is 6.30. The maximum atomic E-state index is 12.0. The van der Waals surface area contributed by atoms with Gasteiger partial charge in [0.25, 0.3) is 0 Å². The van der Waals surface area contributed by atoms with Gasteiger partial charge in [0.05, 0.1) is 18.0 Å². The van der Waals surface area contributed by atoms with Gasteiger partial charge in [-0.15, -0.1) is 0 Å². The quantitative estimate of drug-likeness (QED) is 0.729. The van der Waals surface area contributed by atoms with E-state index in [-0.39, 0.29) is 12.1 Å². The number of rotatable bonds is 2. The van der Waals surface area contributed by atoms with Gasteiger partial charge in [0.2, 0.25) is 0 Å². The molecule has 0 spiro atoms. The molecule has 0 aromatic carbocycles. The van der Waals surface area contributed by atoms with Crippen molar-refractivity contribution in [2.45, 2.75) is 64.1 Å². The minimum atomic E-state index is -0.465. The summed E-state index contributed by atoms with van der Waals surface area (Å²) in [5.74, 6) is 0. The number of ether oxygens (including phenoxy) is 1. The Morgan fingerprint density at radius 2 is 2.04 bits per heavy atom. The summed E-state index contributed by atoms with van der Waals surface area (Å²) < 4.78 is 7.64. The first-order valence-corrected chi connectivity index (χ1v) is 9.19. The lowest BCUT2D eigenvalue weighted by Gasteiger charge is -2.31. The van der Waals surface area contributed by atoms with E-state index in [0.29, 0.717) is 6.04 Å². The summed E-state index contributed by atoms with van der Waals surface area (Å²) in [7, 11) is 0.